The van der Waals surface area contributed by atoms with Crippen LogP contribution < -0.4 is 4.90 Å². The van der Waals surface area contributed by atoms with Crippen LogP contribution in [0.5, 0.6) is 0 Å². The number of nitriles is 1. The molecule has 1 heterocycles. The second kappa shape index (κ2) is 4.35. The van der Waals surface area contributed by atoms with Gasteiger partial charge in [-0.25, -0.2) is 0 Å². The molecular formula is C13H15ClN2. The van der Waals surface area contributed by atoms with E-state index in [1.807, 2.05) is 12.1 Å². The van der Waals surface area contributed by atoms with Gasteiger partial charge >= 0.3 is 0 Å². The molecule has 3 heteroatoms. The molecule has 1 aliphatic rings. The van der Waals surface area contributed by atoms with Crippen molar-refractivity contribution in [3.8, 4) is 6.07 Å². The molecule has 1 aromatic rings. The fourth-order valence-electron chi connectivity index (χ4n) is 2.43. The van der Waals surface area contributed by atoms with Crippen LogP contribution in [0.25, 0.3) is 0 Å². The van der Waals surface area contributed by atoms with Crippen LogP contribution in [0.15, 0.2) is 18.2 Å². The van der Waals surface area contributed by atoms with E-state index in [0.29, 0.717) is 16.6 Å². The largest absolute Gasteiger partial charge is 0.369 e. The molecule has 1 saturated heterocycles. The van der Waals surface area contributed by atoms with Crippen molar-refractivity contribution in [3.05, 3.63) is 28.8 Å². The lowest BCUT2D eigenvalue weighted by Gasteiger charge is -2.24. The lowest BCUT2D eigenvalue weighted by atomic mass is 10.1. The highest BCUT2D eigenvalue weighted by molar-refractivity contribution is 6.32. The second-order valence-electron chi connectivity index (χ2n) is 4.62. The number of anilines is 1. The van der Waals surface area contributed by atoms with Crippen LogP contribution in [0, 0.1) is 17.2 Å². The first-order chi connectivity index (χ1) is 7.61. The average molecular weight is 235 g/mol. The maximum absolute atomic E-state index is 8.82. The fourth-order valence-corrected chi connectivity index (χ4v) is 2.65. The summed E-state index contributed by atoms with van der Waals surface area (Å²) in [7, 11) is 0. The molecule has 1 aliphatic heterocycles. The smallest absolute Gasteiger partial charge is 0.101 e. The van der Waals surface area contributed by atoms with Gasteiger partial charge < -0.3 is 4.90 Å². The van der Waals surface area contributed by atoms with Crippen molar-refractivity contribution >= 4 is 17.3 Å². The van der Waals surface area contributed by atoms with E-state index in [4.69, 9.17) is 16.9 Å². The van der Waals surface area contributed by atoms with Crippen LogP contribution in [0.2, 0.25) is 5.02 Å². The van der Waals surface area contributed by atoms with E-state index >= 15 is 0 Å². The third-order valence-electron chi connectivity index (χ3n) is 3.19. The molecule has 2 atom stereocenters. The van der Waals surface area contributed by atoms with Gasteiger partial charge in [0.15, 0.2) is 0 Å². The van der Waals surface area contributed by atoms with Gasteiger partial charge in [-0.1, -0.05) is 18.5 Å². The van der Waals surface area contributed by atoms with Crippen LogP contribution in [0.3, 0.4) is 0 Å². The van der Waals surface area contributed by atoms with Gasteiger partial charge in [-0.15, -0.1) is 0 Å². The van der Waals surface area contributed by atoms with E-state index in [9.17, 15) is 0 Å². The lowest BCUT2D eigenvalue weighted by molar-refractivity contribution is 0.625. The Labute approximate surface area is 101 Å². The van der Waals surface area contributed by atoms with Crippen LogP contribution in [-0.4, -0.2) is 12.6 Å². The summed E-state index contributed by atoms with van der Waals surface area (Å²) in [5, 5.41) is 9.37. The van der Waals surface area contributed by atoms with Crippen LogP contribution in [0.4, 0.5) is 5.69 Å². The standard InChI is InChI=1S/C13H15ClN2/c1-9-5-10(2)16(8-9)12-4-3-11(7-15)13(14)6-12/h3-4,6,9-10H,5,8H2,1-2H3. The SMILES string of the molecule is CC1CC(C)N(c2ccc(C#N)c(Cl)c2)C1. The van der Waals surface area contributed by atoms with Gasteiger partial charge in [0, 0.05) is 18.3 Å². The zero-order valence-corrected chi connectivity index (χ0v) is 10.3. The van der Waals surface area contributed by atoms with Gasteiger partial charge in [0.2, 0.25) is 0 Å². The van der Waals surface area contributed by atoms with Crippen molar-refractivity contribution in [1.82, 2.24) is 0 Å². The first kappa shape index (κ1) is 11.3. The third-order valence-corrected chi connectivity index (χ3v) is 3.50. The van der Waals surface area contributed by atoms with E-state index in [0.717, 1.165) is 18.2 Å². The molecular weight excluding hydrogens is 220 g/mol. The summed E-state index contributed by atoms with van der Waals surface area (Å²) in [6, 6.07) is 8.32. The van der Waals surface area contributed by atoms with Gasteiger partial charge in [-0.2, -0.15) is 5.26 Å². The number of rotatable bonds is 1. The van der Waals surface area contributed by atoms with Crippen molar-refractivity contribution in [3.63, 3.8) is 0 Å². The molecule has 0 radical (unpaired) electrons. The van der Waals surface area contributed by atoms with Crippen LogP contribution in [0.1, 0.15) is 25.8 Å². The Bertz CT molecular complexity index is 436. The first-order valence-corrected chi connectivity index (χ1v) is 5.96. The highest BCUT2D eigenvalue weighted by Crippen LogP contribution is 2.31. The minimum Gasteiger partial charge on any atom is -0.369 e. The van der Waals surface area contributed by atoms with Crippen LogP contribution in [-0.2, 0) is 0 Å². The molecule has 0 aromatic heterocycles. The summed E-state index contributed by atoms with van der Waals surface area (Å²) in [4.78, 5) is 2.36. The molecule has 84 valence electrons. The van der Waals surface area contributed by atoms with E-state index in [1.165, 1.54) is 6.42 Å². The Morgan fingerprint density at radius 3 is 2.69 bits per heavy atom. The molecule has 0 N–H and O–H groups in total. The number of nitrogens with zero attached hydrogens (tertiary/aromatic N) is 2. The Morgan fingerprint density at radius 2 is 2.19 bits per heavy atom. The van der Waals surface area contributed by atoms with Crippen molar-refractivity contribution in [1.29, 1.82) is 5.26 Å². The molecule has 0 bridgehead atoms. The molecule has 0 aliphatic carbocycles. The van der Waals surface area contributed by atoms with E-state index in [2.05, 4.69) is 24.8 Å². The summed E-state index contributed by atoms with van der Waals surface area (Å²) in [5.41, 5.74) is 1.67. The summed E-state index contributed by atoms with van der Waals surface area (Å²) < 4.78 is 0. The maximum atomic E-state index is 8.82. The first-order valence-electron chi connectivity index (χ1n) is 5.58. The summed E-state index contributed by atoms with van der Waals surface area (Å²) >= 11 is 6.04. The molecule has 1 aromatic carbocycles. The van der Waals surface area contributed by atoms with Crippen molar-refractivity contribution < 1.29 is 0 Å². The predicted molar refractivity (Wildman–Crippen MR) is 66.8 cm³/mol. The number of halogens is 1. The zero-order valence-electron chi connectivity index (χ0n) is 9.57. The van der Waals surface area contributed by atoms with Crippen molar-refractivity contribution in [2.24, 2.45) is 5.92 Å². The normalized spacial score (nSPS) is 24.5. The Kier molecular flexibility index (Phi) is 3.07. The van der Waals surface area contributed by atoms with Crippen LogP contribution >= 0.6 is 11.6 Å². The molecule has 0 amide bonds. The quantitative estimate of drug-likeness (QED) is 0.744. The summed E-state index contributed by atoms with van der Waals surface area (Å²) in [6.45, 7) is 5.57. The highest BCUT2D eigenvalue weighted by Gasteiger charge is 2.26. The topological polar surface area (TPSA) is 27.0 Å². The summed E-state index contributed by atoms with van der Waals surface area (Å²) in [5.74, 6) is 0.726. The van der Waals surface area contributed by atoms with Crippen molar-refractivity contribution in [2.45, 2.75) is 26.3 Å². The molecule has 16 heavy (non-hydrogen) atoms. The average Bonchev–Trinajstić information content (AvgIpc) is 2.58. The highest BCUT2D eigenvalue weighted by atomic mass is 35.5. The molecule has 2 nitrogen and oxygen atoms in total. The molecule has 0 saturated carbocycles. The third kappa shape index (κ3) is 2.01. The minimum atomic E-state index is 0.547. The van der Waals surface area contributed by atoms with Gasteiger partial charge in [-0.05, 0) is 37.5 Å². The maximum Gasteiger partial charge on any atom is 0.101 e. The van der Waals surface area contributed by atoms with E-state index in [1.54, 1.807) is 6.07 Å². The number of hydrogen-bond donors (Lipinski definition) is 0. The van der Waals surface area contributed by atoms with Crippen molar-refractivity contribution in [2.75, 3.05) is 11.4 Å². The molecule has 2 unspecified atom stereocenters. The fraction of sp³-hybridized carbons (Fsp3) is 0.462. The molecule has 2 rings (SSSR count). The van der Waals surface area contributed by atoms with E-state index < -0.39 is 0 Å². The zero-order chi connectivity index (χ0) is 11.7. The molecule has 0 spiro atoms. The predicted octanol–water partition coefficient (Wildman–Crippen LogP) is 3.45. The summed E-state index contributed by atoms with van der Waals surface area (Å²) in [6.07, 6.45) is 1.22. The van der Waals surface area contributed by atoms with Gasteiger partial charge in [0.05, 0.1) is 10.6 Å². The monoisotopic (exact) mass is 234 g/mol. The van der Waals surface area contributed by atoms with Gasteiger partial charge in [0.1, 0.15) is 6.07 Å². The minimum absolute atomic E-state index is 0.547. The van der Waals surface area contributed by atoms with E-state index in [-0.39, 0.29) is 0 Å². The number of hydrogen-bond acceptors (Lipinski definition) is 2. The molecule has 1 fully saturated rings. The second-order valence-corrected chi connectivity index (χ2v) is 5.03. The Balaban J connectivity index is 2.29. The lowest BCUT2D eigenvalue weighted by Crippen LogP contribution is -2.26. The van der Waals surface area contributed by atoms with Gasteiger partial charge in [-0.3, -0.25) is 0 Å². The Morgan fingerprint density at radius 1 is 1.44 bits per heavy atom. The Hall–Kier alpha value is -1.20. The number of benzene rings is 1. The van der Waals surface area contributed by atoms with Gasteiger partial charge in [0.25, 0.3) is 0 Å².